The van der Waals surface area contributed by atoms with Crippen molar-refractivity contribution >= 4 is 17.8 Å². The Balaban J connectivity index is 0.000000501. The van der Waals surface area contributed by atoms with E-state index in [4.69, 9.17) is 19.8 Å². The summed E-state index contributed by atoms with van der Waals surface area (Å²) in [7, 11) is 0. The Morgan fingerprint density at radius 3 is 1.97 bits per heavy atom. The number of carboxylic acids is 2. The third-order valence-electron chi connectivity index (χ3n) is 6.03. The molecule has 31 heavy (non-hydrogen) atoms. The van der Waals surface area contributed by atoms with Crippen LogP contribution in [0.5, 0.6) is 0 Å². The fourth-order valence-corrected chi connectivity index (χ4v) is 4.10. The van der Waals surface area contributed by atoms with E-state index in [0.717, 1.165) is 71.6 Å². The molecule has 172 valence electrons. The van der Waals surface area contributed by atoms with Crippen LogP contribution in [0.2, 0.25) is 0 Å². The molecule has 2 N–H and O–H groups in total. The molecule has 0 aromatic heterocycles. The van der Waals surface area contributed by atoms with Crippen molar-refractivity contribution in [3.05, 3.63) is 35.9 Å². The molecule has 0 bridgehead atoms. The molecule has 0 unspecified atom stereocenters. The smallest absolute Gasteiger partial charge is 0.414 e. The lowest BCUT2D eigenvalue weighted by Crippen LogP contribution is -2.51. The Hall–Kier alpha value is -2.45. The first-order valence-corrected chi connectivity index (χ1v) is 11.1. The minimum absolute atomic E-state index is 0.263. The number of benzene rings is 1. The summed E-state index contributed by atoms with van der Waals surface area (Å²) in [6, 6.07) is 10.7. The first-order valence-electron chi connectivity index (χ1n) is 11.1. The Kier molecular flexibility index (Phi) is 10.5. The molecule has 3 rings (SSSR count). The second kappa shape index (κ2) is 13.1. The van der Waals surface area contributed by atoms with Gasteiger partial charge in [-0.3, -0.25) is 4.79 Å². The van der Waals surface area contributed by atoms with Crippen molar-refractivity contribution in [3.63, 3.8) is 0 Å². The van der Waals surface area contributed by atoms with Crippen molar-refractivity contribution in [1.82, 2.24) is 14.7 Å². The third-order valence-corrected chi connectivity index (χ3v) is 6.03. The molecule has 2 fully saturated rings. The van der Waals surface area contributed by atoms with Gasteiger partial charge in [-0.05, 0) is 57.4 Å². The van der Waals surface area contributed by atoms with Crippen LogP contribution in [0.15, 0.2) is 30.3 Å². The number of carbonyl (C=O) groups is 3. The van der Waals surface area contributed by atoms with Crippen molar-refractivity contribution in [2.45, 2.75) is 32.6 Å². The van der Waals surface area contributed by atoms with Gasteiger partial charge < -0.3 is 24.9 Å². The highest BCUT2D eigenvalue weighted by Gasteiger charge is 2.29. The molecule has 0 radical (unpaired) electrons. The minimum atomic E-state index is -1.82. The summed E-state index contributed by atoms with van der Waals surface area (Å²) in [5.41, 5.74) is 1.43. The van der Waals surface area contributed by atoms with Crippen LogP contribution in [0.3, 0.4) is 0 Å². The SMILES string of the molecule is CCN1CCN(C(=O)C2CCN(CCCc3ccccc3)CC2)CC1.O=C(O)C(=O)O. The Bertz CT molecular complexity index is 684. The number of rotatable bonds is 6. The maximum absolute atomic E-state index is 12.7. The summed E-state index contributed by atoms with van der Waals surface area (Å²) < 4.78 is 0. The summed E-state index contributed by atoms with van der Waals surface area (Å²) in [6.07, 6.45) is 4.44. The van der Waals surface area contributed by atoms with E-state index in [2.05, 4.69) is 52.0 Å². The zero-order valence-corrected chi connectivity index (χ0v) is 18.4. The molecule has 1 amide bonds. The normalized spacial score (nSPS) is 18.2. The van der Waals surface area contributed by atoms with Crippen LogP contribution in [0.25, 0.3) is 0 Å². The van der Waals surface area contributed by atoms with Gasteiger partial charge in [0.1, 0.15) is 0 Å². The lowest BCUT2D eigenvalue weighted by Gasteiger charge is -2.38. The van der Waals surface area contributed by atoms with E-state index >= 15 is 0 Å². The summed E-state index contributed by atoms with van der Waals surface area (Å²) in [6.45, 7) is 10.6. The van der Waals surface area contributed by atoms with E-state index in [9.17, 15) is 4.79 Å². The van der Waals surface area contributed by atoms with Crippen LogP contribution in [0, 0.1) is 5.92 Å². The first kappa shape index (κ1) is 24.8. The predicted molar refractivity (Wildman–Crippen MR) is 118 cm³/mol. The second-order valence-corrected chi connectivity index (χ2v) is 8.07. The van der Waals surface area contributed by atoms with Crippen molar-refractivity contribution in [1.29, 1.82) is 0 Å². The number of piperazine rings is 1. The number of aryl methyl sites for hydroxylation is 1. The van der Waals surface area contributed by atoms with Gasteiger partial charge >= 0.3 is 11.9 Å². The molecule has 0 atom stereocenters. The molecule has 1 aromatic rings. The van der Waals surface area contributed by atoms with Crippen molar-refractivity contribution in [2.75, 3.05) is 52.4 Å². The fourth-order valence-electron chi connectivity index (χ4n) is 4.10. The number of amides is 1. The monoisotopic (exact) mass is 433 g/mol. The largest absolute Gasteiger partial charge is 0.473 e. The molecule has 0 saturated carbocycles. The molecule has 2 aliphatic heterocycles. The number of piperidine rings is 1. The van der Waals surface area contributed by atoms with Gasteiger partial charge in [-0.25, -0.2) is 9.59 Å². The van der Waals surface area contributed by atoms with E-state index in [1.54, 1.807) is 0 Å². The molecular weight excluding hydrogens is 398 g/mol. The Morgan fingerprint density at radius 1 is 0.871 bits per heavy atom. The Morgan fingerprint density at radius 2 is 1.45 bits per heavy atom. The average Bonchev–Trinajstić information content (AvgIpc) is 2.80. The van der Waals surface area contributed by atoms with Crippen molar-refractivity contribution in [2.24, 2.45) is 5.92 Å². The highest BCUT2D eigenvalue weighted by Crippen LogP contribution is 2.21. The molecule has 8 nitrogen and oxygen atoms in total. The maximum atomic E-state index is 12.7. The number of likely N-dealkylation sites (N-methyl/N-ethyl adjacent to an activating group) is 1. The molecule has 8 heteroatoms. The van der Waals surface area contributed by atoms with Crippen LogP contribution < -0.4 is 0 Å². The molecular formula is C23H35N3O5. The zero-order chi connectivity index (χ0) is 22.6. The van der Waals surface area contributed by atoms with E-state index in [1.165, 1.54) is 12.0 Å². The van der Waals surface area contributed by atoms with Gasteiger partial charge in [-0.15, -0.1) is 0 Å². The number of hydrogen-bond acceptors (Lipinski definition) is 5. The number of carboxylic acid groups (broad SMARTS) is 2. The number of nitrogens with zero attached hydrogens (tertiary/aromatic N) is 3. The average molecular weight is 434 g/mol. The summed E-state index contributed by atoms with van der Waals surface area (Å²) in [5, 5.41) is 14.8. The zero-order valence-electron chi connectivity index (χ0n) is 18.4. The molecule has 0 spiro atoms. The maximum Gasteiger partial charge on any atom is 0.414 e. The van der Waals surface area contributed by atoms with Crippen LogP contribution in [0.1, 0.15) is 31.7 Å². The first-order chi connectivity index (χ1) is 14.9. The lowest BCUT2D eigenvalue weighted by molar-refractivity contribution is -0.159. The van der Waals surface area contributed by atoms with Crippen molar-refractivity contribution in [3.8, 4) is 0 Å². The number of aliphatic carboxylic acids is 2. The minimum Gasteiger partial charge on any atom is -0.473 e. The van der Waals surface area contributed by atoms with Gasteiger partial charge in [0.15, 0.2) is 0 Å². The lowest BCUT2D eigenvalue weighted by atomic mass is 9.94. The van der Waals surface area contributed by atoms with Gasteiger partial charge in [-0.1, -0.05) is 37.3 Å². The topological polar surface area (TPSA) is 101 Å². The molecule has 2 heterocycles. The summed E-state index contributed by atoms with van der Waals surface area (Å²) in [5.74, 6) is -2.97. The van der Waals surface area contributed by atoms with Gasteiger partial charge in [0.05, 0.1) is 0 Å². The van der Waals surface area contributed by atoms with Gasteiger partial charge in [0, 0.05) is 32.1 Å². The van der Waals surface area contributed by atoms with E-state index in [0.29, 0.717) is 5.91 Å². The fraction of sp³-hybridized carbons (Fsp3) is 0.609. The molecule has 2 aliphatic rings. The number of hydrogen-bond donors (Lipinski definition) is 2. The molecule has 1 aromatic carbocycles. The second-order valence-electron chi connectivity index (χ2n) is 8.07. The van der Waals surface area contributed by atoms with Crippen molar-refractivity contribution < 1.29 is 24.6 Å². The predicted octanol–water partition coefficient (Wildman–Crippen LogP) is 1.65. The van der Waals surface area contributed by atoms with E-state index in [1.807, 2.05) is 0 Å². The summed E-state index contributed by atoms with van der Waals surface area (Å²) >= 11 is 0. The van der Waals surface area contributed by atoms with Gasteiger partial charge in [-0.2, -0.15) is 0 Å². The molecule has 2 saturated heterocycles. The quantitative estimate of drug-likeness (QED) is 0.658. The Labute approximate surface area is 184 Å². The summed E-state index contributed by atoms with van der Waals surface area (Å²) in [4.78, 5) is 38.0. The van der Waals surface area contributed by atoms with E-state index < -0.39 is 11.9 Å². The van der Waals surface area contributed by atoms with Crippen LogP contribution in [0.4, 0.5) is 0 Å². The molecule has 0 aliphatic carbocycles. The van der Waals surface area contributed by atoms with Crippen LogP contribution in [-0.2, 0) is 20.8 Å². The van der Waals surface area contributed by atoms with Crippen LogP contribution in [-0.4, -0.2) is 95.1 Å². The van der Waals surface area contributed by atoms with Gasteiger partial charge in [0.25, 0.3) is 0 Å². The van der Waals surface area contributed by atoms with Crippen LogP contribution >= 0.6 is 0 Å². The third kappa shape index (κ3) is 8.67. The highest BCUT2D eigenvalue weighted by molar-refractivity contribution is 6.27. The number of carbonyl (C=O) groups excluding carboxylic acids is 1. The number of likely N-dealkylation sites (tertiary alicyclic amines) is 1. The van der Waals surface area contributed by atoms with Gasteiger partial charge in [0.2, 0.25) is 5.91 Å². The highest BCUT2D eigenvalue weighted by atomic mass is 16.4. The standard InChI is InChI=1S/C21H33N3O.C2H2O4/c1-2-22-15-17-24(18-16-22)21(25)20-10-13-23(14-11-20)12-6-9-19-7-4-3-5-8-19;3-1(4)2(5)6/h3-5,7-8,20H,2,6,9-18H2,1H3;(H,3,4)(H,5,6). The van der Waals surface area contributed by atoms with E-state index in [-0.39, 0.29) is 5.92 Å².